The number of hydrogen-bond donors (Lipinski definition) is 2. The van der Waals surface area contributed by atoms with E-state index < -0.39 is 5.60 Å². The van der Waals surface area contributed by atoms with Gasteiger partial charge in [0.15, 0.2) is 5.78 Å². The van der Waals surface area contributed by atoms with Gasteiger partial charge < -0.3 is 15.4 Å². The van der Waals surface area contributed by atoms with Crippen LogP contribution < -0.4 is 15.4 Å². The topological polar surface area (TPSA) is 67.4 Å². The lowest BCUT2D eigenvalue weighted by Gasteiger charge is -2.23. The third kappa shape index (κ3) is 3.12. The molecule has 0 aliphatic carbocycles. The average Bonchev–Trinajstić information content (AvgIpc) is 2.41. The van der Waals surface area contributed by atoms with Gasteiger partial charge in [-0.25, -0.2) is 0 Å². The fourth-order valence-electron chi connectivity index (χ4n) is 2.07. The molecular weight excluding hydrogens is 244 g/mol. The molecule has 2 N–H and O–H groups in total. The summed E-state index contributed by atoms with van der Waals surface area (Å²) in [4.78, 5) is 23.6. The number of benzene rings is 1. The Morgan fingerprint density at radius 3 is 2.89 bits per heavy atom. The first-order valence-electron chi connectivity index (χ1n) is 6.22. The molecule has 1 amide bonds. The van der Waals surface area contributed by atoms with Crippen molar-refractivity contribution in [1.82, 2.24) is 5.32 Å². The number of hydrogen-bond acceptors (Lipinski definition) is 4. The summed E-state index contributed by atoms with van der Waals surface area (Å²) >= 11 is 0. The van der Waals surface area contributed by atoms with E-state index in [1.807, 2.05) is 13.8 Å². The molecule has 0 saturated carbocycles. The van der Waals surface area contributed by atoms with Crippen LogP contribution in [-0.4, -0.2) is 30.9 Å². The van der Waals surface area contributed by atoms with Crippen LogP contribution in [0.2, 0.25) is 0 Å². The third-order valence-corrected chi connectivity index (χ3v) is 2.89. The second-order valence-electron chi connectivity index (χ2n) is 5.25. The molecule has 0 unspecified atom stereocenters. The van der Waals surface area contributed by atoms with E-state index in [2.05, 4.69) is 10.6 Å². The molecular formula is C14H18N2O3. The number of Topliss-reactive ketones (excluding diaryl/α,β-unsaturated/α-hetero) is 1. The van der Waals surface area contributed by atoms with Gasteiger partial charge in [0, 0.05) is 5.56 Å². The Hall–Kier alpha value is -1.88. The molecule has 0 bridgehead atoms. The van der Waals surface area contributed by atoms with Gasteiger partial charge in [0.05, 0.1) is 18.7 Å². The van der Waals surface area contributed by atoms with E-state index in [0.717, 1.165) is 0 Å². The molecule has 0 radical (unpaired) electrons. The molecule has 5 heteroatoms. The minimum atomic E-state index is -0.550. The molecule has 102 valence electrons. The molecule has 1 aliphatic rings. The van der Waals surface area contributed by atoms with Gasteiger partial charge in [0.2, 0.25) is 5.91 Å². The highest BCUT2D eigenvalue weighted by atomic mass is 16.5. The van der Waals surface area contributed by atoms with Gasteiger partial charge in [-0.2, -0.15) is 0 Å². The van der Waals surface area contributed by atoms with Crippen LogP contribution in [-0.2, 0) is 4.79 Å². The minimum Gasteiger partial charge on any atom is -0.485 e. The summed E-state index contributed by atoms with van der Waals surface area (Å²) in [6, 6.07) is 5.10. The van der Waals surface area contributed by atoms with Crippen LogP contribution in [0.4, 0.5) is 5.69 Å². The first kappa shape index (κ1) is 13.5. The second kappa shape index (κ2) is 5.01. The summed E-state index contributed by atoms with van der Waals surface area (Å²) in [7, 11) is 1.72. The van der Waals surface area contributed by atoms with Crippen molar-refractivity contribution in [3.05, 3.63) is 23.8 Å². The van der Waals surface area contributed by atoms with Crippen molar-refractivity contribution in [2.45, 2.75) is 25.9 Å². The summed E-state index contributed by atoms with van der Waals surface area (Å²) < 4.78 is 5.80. The predicted molar refractivity (Wildman–Crippen MR) is 72.7 cm³/mol. The van der Waals surface area contributed by atoms with Gasteiger partial charge in [-0.1, -0.05) is 0 Å². The Balaban J connectivity index is 2.35. The zero-order chi connectivity index (χ0) is 14.0. The lowest BCUT2D eigenvalue weighted by Crippen LogP contribution is -2.30. The molecule has 0 aromatic heterocycles. The van der Waals surface area contributed by atoms with Crippen molar-refractivity contribution in [1.29, 1.82) is 0 Å². The summed E-state index contributed by atoms with van der Waals surface area (Å²) in [6.45, 7) is 3.99. The largest absolute Gasteiger partial charge is 0.485 e. The first-order chi connectivity index (χ1) is 8.91. The fourth-order valence-corrected chi connectivity index (χ4v) is 2.07. The van der Waals surface area contributed by atoms with E-state index in [4.69, 9.17) is 4.74 Å². The fraction of sp³-hybridized carbons (Fsp3) is 0.429. The molecule has 1 aliphatic heterocycles. The maximum absolute atomic E-state index is 11.8. The van der Waals surface area contributed by atoms with Crippen molar-refractivity contribution < 1.29 is 14.3 Å². The Morgan fingerprint density at radius 2 is 2.21 bits per heavy atom. The van der Waals surface area contributed by atoms with Crippen molar-refractivity contribution in [3.8, 4) is 5.75 Å². The van der Waals surface area contributed by atoms with E-state index >= 15 is 0 Å². The van der Waals surface area contributed by atoms with Gasteiger partial charge >= 0.3 is 0 Å². The number of anilines is 1. The zero-order valence-electron chi connectivity index (χ0n) is 11.4. The van der Waals surface area contributed by atoms with Crippen LogP contribution in [0.25, 0.3) is 0 Å². The smallest absolute Gasteiger partial charge is 0.228 e. The third-order valence-electron chi connectivity index (χ3n) is 2.89. The molecule has 2 rings (SSSR count). The number of carbonyl (C=O) groups excluding carboxylic acids is 2. The van der Waals surface area contributed by atoms with Crippen molar-refractivity contribution >= 4 is 17.4 Å². The lowest BCUT2D eigenvalue weighted by atomic mass is 10.1. The van der Waals surface area contributed by atoms with Crippen LogP contribution >= 0.6 is 0 Å². The molecule has 0 spiro atoms. The maximum Gasteiger partial charge on any atom is 0.228 e. The predicted octanol–water partition coefficient (Wildman–Crippen LogP) is 1.59. The van der Waals surface area contributed by atoms with E-state index in [9.17, 15) is 9.59 Å². The van der Waals surface area contributed by atoms with Gasteiger partial charge in [-0.05, 0) is 39.1 Å². The van der Waals surface area contributed by atoms with Crippen molar-refractivity contribution in [3.63, 3.8) is 0 Å². The maximum atomic E-state index is 11.8. The van der Waals surface area contributed by atoms with Crippen molar-refractivity contribution in [2.75, 3.05) is 18.9 Å². The van der Waals surface area contributed by atoms with E-state index in [0.29, 0.717) is 17.0 Å². The molecule has 0 fully saturated rings. The Bertz CT molecular complexity index is 523. The Labute approximate surface area is 112 Å². The normalized spacial score (nSPS) is 16.9. The van der Waals surface area contributed by atoms with Crippen LogP contribution in [0.3, 0.4) is 0 Å². The van der Waals surface area contributed by atoms with E-state index in [1.54, 1.807) is 25.2 Å². The molecule has 1 aromatic carbocycles. The van der Waals surface area contributed by atoms with Gasteiger partial charge in [0.1, 0.15) is 11.4 Å². The number of likely N-dealkylation sites (N-methyl/N-ethyl adjacent to an activating group) is 1. The standard InChI is InChI=1S/C14H18N2O3/c1-14(2)7-13(18)16-10-6-9(11(17)8-15-3)4-5-12(10)19-14/h4-6,15H,7-8H2,1-3H3,(H,16,18). The lowest BCUT2D eigenvalue weighted by molar-refractivity contribution is -0.118. The molecule has 5 nitrogen and oxygen atoms in total. The number of amides is 1. The number of ketones is 1. The number of ether oxygens (including phenoxy) is 1. The molecule has 19 heavy (non-hydrogen) atoms. The highest BCUT2D eigenvalue weighted by Gasteiger charge is 2.29. The molecule has 1 aromatic rings. The summed E-state index contributed by atoms with van der Waals surface area (Å²) in [6.07, 6.45) is 0.279. The highest BCUT2D eigenvalue weighted by Crippen LogP contribution is 2.33. The average molecular weight is 262 g/mol. The summed E-state index contributed by atoms with van der Waals surface area (Å²) in [5, 5.41) is 5.59. The monoisotopic (exact) mass is 262 g/mol. The number of carbonyl (C=O) groups is 2. The van der Waals surface area contributed by atoms with Crippen molar-refractivity contribution in [2.24, 2.45) is 0 Å². The Morgan fingerprint density at radius 1 is 1.47 bits per heavy atom. The van der Waals surface area contributed by atoms with E-state index in [-0.39, 0.29) is 24.7 Å². The van der Waals surface area contributed by atoms with E-state index in [1.165, 1.54) is 0 Å². The SMILES string of the molecule is CNCC(=O)c1ccc2c(c1)NC(=O)CC(C)(C)O2. The van der Waals surface area contributed by atoms with Gasteiger partial charge in [-0.3, -0.25) is 9.59 Å². The van der Waals surface area contributed by atoms with Gasteiger partial charge in [0.25, 0.3) is 0 Å². The summed E-state index contributed by atoms with van der Waals surface area (Å²) in [5.41, 5.74) is 0.556. The minimum absolute atomic E-state index is 0.0249. The summed E-state index contributed by atoms with van der Waals surface area (Å²) in [5.74, 6) is 0.460. The molecule has 0 atom stereocenters. The first-order valence-corrected chi connectivity index (χ1v) is 6.22. The van der Waals surface area contributed by atoms with Crippen LogP contribution in [0.5, 0.6) is 5.75 Å². The van der Waals surface area contributed by atoms with Gasteiger partial charge in [-0.15, -0.1) is 0 Å². The number of rotatable bonds is 3. The van der Waals surface area contributed by atoms with Crippen LogP contribution in [0, 0.1) is 0 Å². The molecule has 1 heterocycles. The number of fused-ring (bicyclic) bond motifs is 1. The second-order valence-corrected chi connectivity index (χ2v) is 5.25. The highest BCUT2D eigenvalue weighted by molar-refractivity contribution is 6.01. The Kier molecular flexibility index (Phi) is 3.57. The quantitative estimate of drug-likeness (QED) is 0.812. The van der Waals surface area contributed by atoms with Crippen LogP contribution in [0.15, 0.2) is 18.2 Å². The zero-order valence-corrected chi connectivity index (χ0v) is 11.4. The number of nitrogens with one attached hydrogen (secondary N) is 2. The van der Waals surface area contributed by atoms with Crippen LogP contribution in [0.1, 0.15) is 30.6 Å². The molecule has 0 saturated heterocycles.